The van der Waals surface area contributed by atoms with Crippen LogP contribution in [0.15, 0.2) is 27.8 Å². The van der Waals surface area contributed by atoms with Crippen molar-refractivity contribution in [1.29, 1.82) is 0 Å². The predicted molar refractivity (Wildman–Crippen MR) is 81.6 cm³/mol. The summed E-state index contributed by atoms with van der Waals surface area (Å²) in [7, 11) is 1.41. The molecule has 0 saturated carbocycles. The molecule has 0 unspecified atom stereocenters. The van der Waals surface area contributed by atoms with E-state index in [1.807, 2.05) is 20.2 Å². The molecule has 0 bridgehead atoms. The lowest BCUT2D eigenvalue weighted by atomic mass is 10.4. The van der Waals surface area contributed by atoms with Gasteiger partial charge < -0.3 is 4.42 Å². The molecule has 0 spiro atoms. The van der Waals surface area contributed by atoms with Gasteiger partial charge in [0.05, 0.1) is 11.6 Å². The summed E-state index contributed by atoms with van der Waals surface area (Å²) >= 11 is 1.65. The van der Waals surface area contributed by atoms with Crippen LogP contribution in [0.3, 0.4) is 0 Å². The molecule has 0 aliphatic heterocycles. The lowest BCUT2D eigenvalue weighted by molar-refractivity contribution is 0.275. The molecule has 0 aromatic carbocycles. The van der Waals surface area contributed by atoms with Crippen molar-refractivity contribution in [2.75, 3.05) is 21.1 Å². The van der Waals surface area contributed by atoms with E-state index in [9.17, 15) is 8.42 Å². The van der Waals surface area contributed by atoms with Gasteiger partial charge in [0.15, 0.2) is 0 Å². The summed E-state index contributed by atoms with van der Waals surface area (Å²) in [6.07, 6.45) is 1.86. The third-order valence-electron chi connectivity index (χ3n) is 2.89. The standard InChI is InChI=1S/C13H19N3O3S2/c1-10-14-7-12(20-10)9-16(4)8-11-5-6-13(19-11)21(17,18)15(2)3/h5-7H,8-9H2,1-4H3. The first-order chi connectivity index (χ1) is 9.79. The van der Waals surface area contributed by atoms with Crippen molar-refractivity contribution in [3.8, 4) is 0 Å². The van der Waals surface area contributed by atoms with E-state index in [4.69, 9.17) is 4.42 Å². The van der Waals surface area contributed by atoms with Gasteiger partial charge in [-0.05, 0) is 26.1 Å². The molecule has 0 saturated heterocycles. The van der Waals surface area contributed by atoms with Crippen LogP contribution in [-0.2, 0) is 23.1 Å². The molecule has 21 heavy (non-hydrogen) atoms. The fraction of sp³-hybridized carbons (Fsp3) is 0.462. The Kier molecular flexibility index (Phi) is 4.82. The van der Waals surface area contributed by atoms with E-state index in [0.717, 1.165) is 15.9 Å². The Morgan fingerprint density at radius 2 is 1.95 bits per heavy atom. The van der Waals surface area contributed by atoms with Gasteiger partial charge in [-0.25, -0.2) is 17.7 Å². The molecule has 2 rings (SSSR count). The van der Waals surface area contributed by atoms with Crippen LogP contribution in [0.2, 0.25) is 0 Å². The number of thiazole rings is 1. The largest absolute Gasteiger partial charge is 0.447 e. The van der Waals surface area contributed by atoms with Gasteiger partial charge in [-0.2, -0.15) is 0 Å². The van der Waals surface area contributed by atoms with Crippen LogP contribution in [0, 0.1) is 6.92 Å². The van der Waals surface area contributed by atoms with Crippen molar-refractivity contribution in [2.24, 2.45) is 0 Å². The third kappa shape index (κ3) is 3.91. The molecule has 0 atom stereocenters. The van der Waals surface area contributed by atoms with Crippen LogP contribution in [0.25, 0.3) is 0 Å². The summed E-state index contributed by atoms with van der Waals surface area (Å²) in [6, 6.07) is 3.19. The SMILES string of the molecule is Cc1ncc(CN(C)Cc2ccc(S(=O)(=O)N(C)C)o2)s1. The summed E-state index contributed by atoms with van der Waals surface area (Å²) in [6.45, 7) is 3.26. The lowest BCUT2D eigenvalue weighted by Gasteiger charge is -2.13. The normalized spacial score (nSPS) is 12.5. The highest BCUT2D eigenvalue weighted by Crippen LogP contribution is 2.19. The number of nitrogens with zero attached hydrogens (tertiary/aromatic N) is 3. The quantitative estimate of drug-likeness (QED) is 0.810. The number of furan rings is 1. The first-order valence-corrected chi connectivity index (χ1v) is 8.66. The lowest BCUT2D eigenvalue weighted by Crippen LogP contribution is -2.21. The number of hydrogen-bond donors (Lipinski definition) is 0. The van der Waals surface area contributed by atoms with Gasteiger partial charge in [0, 0.05) is 31.7 Å². The summed E-state index contributed by atoms with van der Waals surface area (Å²) in [5.41, 5.74) is 0. The minimum absolute atomic E-state index is 0.0236. The Morgan fingerprint density at radius 1 is 1.24 bits per heavy atom. The van der Waals surface area contributed by atoms with Crippen molar-refractivity contribution in [1.82, 2.24) is 14.2 Å². The highest BCUT2D eigenvalue weighted by Gasteiger charge is 2.21. The molecule has 0 aliphatic rings. The van der Waals surface area contributed by atoms with Crippen LogP contribution in [0.1, 0.15) is 15.6 Å². The molecule has 0 amide bonds. The van der Waals surface area contributed by atoms with E-state index in [1.54, 1.807) is 17.4 Å². The Balaban J connectivity index is 2.02. The first kappa shape index (κ1) is 16.2. The molecule has 6 nitrogen and oxygen atoms in total. The summed E-state index contributed by atoms with van der Waals surface area (Å²) in [4.78, 5) is 7.44. The van der Waals surface area contributed by atoms with Crippen molar-refractivity contribution in [2.45, 2.75) is 25.1 Å². The molecular weight excluding hydrogens is 310 g/mol. The smallest absolute Gasteiger partial charge is 0.275 e. The van der Waals surface area contributed by atoms with Gasteiger partial charge in [-0.3, -0.25) is 4.90 Å². The average Bonchev–Trinajstić information content (AvgIpc) is 2.99. The maximum absolute atomic E-state index is 11.9. The monoisotopic (exact) mass is 329 g/mol. The van der Waals surface area contributed by atoms with Crippen LogP contribution in [0.5, 0.6) is 0 Å². The van der Waals surface area contributed by atoms with Gasteiger partial charge in [0.25, 0.3) is 10.0 Å². The molecule has 2 aromatic rings. The maximum atomic E-state index is 11.9. The molecule has 2 heterocycles. The summed E-state index contributed by atoms with van der Waals surface area (Å²) in [5.74, 6) is 0.624. The molecule has 116 valence electrons. The molecule has 0 fully saturated rings. The minimum atomic E-state index is -3.51. The molecule has 0 N–H and O–H groups in total. The summed E-state index contributed by atoms with van der Waals surface area (Å²) in [5, 5.41) is 1.01. The van der Waals surface area contributed by atoms with Crippen molar-refractivity contribution < 1.29 is 12.8 Å². The zero-order valence-electron chi connectivity index (χ0n) is 12.5. The van der Waals surface area contributed by atoms with Crippen LogP contribution in [-0.4, -0.2) is 43.7 Å². The fourth-order valence-corrected chi connectivity index (χ4v) is 3.52. The van der Waals surface area contributed by atoms with E-state index in [2.05, 4.69) is 9.88 Å². The van der Waals surface area contributed by atoms with Gasteiger partial charge >= 0.3 is 0 Å². The number of aryl methyl sites for hydroxylation is 1. The molecular formula is C13H19N3O3S2. The van der Waals surface area contributed by atoms with Crippen LogP contribution < -0.4 is 0 Å². The van der Waals surface area contributed by atoms with Crippen molar-refractivity contribution in [3.05, 3.63) is 34.0 Å². The number of hydrogen-bond acceptors (Lipinski definition) is 6. The van der Waals surface area contributed by atoms with Crippen LogP contribution in [0.4, 0.5) is 0 Å². The van der Waals surface area contributed by atoms with E-state index in [-0.39, 0.29) is 5.09 Å². The Labute approximate surface area is 129 Å². The minimum Gasteiger partial charge on any atom is -0.447 e. The zero-order chi connectivity index (χ0) is 15.6. The van der Waals surface area contributed by atoms with Crippen molar-refractivity contribution in [3.63, 3.8) is 0 Å². The molecule has 2 aromatic heterocycles. The topological polar surface area (TPSA) is 66.7 Å². The third-order valence-corrected chi connectivity index (χ3v) is 5.48. The number of sulfonamides is 1. The van der Waals surface area contributed by atoms with Crippen molar-refractivity contribution >= 4 is 21.4 Å². The van der Waals surface area contributed by atoms with E-state index < -0.39 is 10.0 Å². The van der Waals surface area contributed by atoms with E-state index in [1.165, 1.54) is 25.0 Å². The second-order valence-corrected chi connectivity index (χ2v) is 8.43. The highest BCUT2D eigenvalue weighted by molar-refractivity contribution is 7.88. The second-order valence-electron chi connectivity index (χ2n) is 5.03. The van der Waals surface area contributed by atoms with Gasteiger partial charge in [-0.1, -0.05) is 0 Å². The van der Waals surface area contributed by atoms with Gasteiger partial charge in [0.1, 0.15) is 5.76 Å². The number of aromatic nitrogens is 1. The van der Waals surface area contributed by atoms with Gasteiger partial charge in [-0.15, -0.1) is 11.3 Å². The Bertz CT molecular complexity index is 704. The Morgan fingerprint density at radius 3 is 2.52 bits per heavy atom. The van der Waals surface area contributed by atoms with Gasteiger partial charge in [0.2, 0.25) is 5.09 Å². The highest BCUT2D eigenvalue weighted by atomic mass is 32.2. The second kappa shape index (κ2) is 6.27. The zero-order valence-corrected chi connectivity index (χ0v) is 14.2. The predicted octanol–water partition coefficient (Wildman–Crippen LogP) is 1.93. The molecule has 8 heteroatoms. The average molecular weight is 329 g/mol. The maximum Gasteiger partial charge on any atom is 0.275 e. The van der Waals surface area contributed by atoms with Crippen LogP contribution >= 0.6 is 11.3 Å². The molecule has 0 aliphatic carbocycles. The molecule has 0 radical (unpaired) electrons. The Hall–Kier alpha value is -1.22. The van der Waals surface area contributed by atoms with E-state index in [0.29, 0.717) is 12.3 Å². The fourth-order valence-electron chi connectivity index (χ4n) is 1.83. The summed E-state index contributed by atoms with van der Waals surface area (Å²) < 4.78 is 30.5. The van der Waals surface area contributed by atoms with E-state index >= 15 is 0 Å². The number of rotatable bonds is 6. The first-order valence-electron chi connectivity index (χ1n) is 6.40.